The van der Waals surface area contributed by atoms with Gasteiger partial charge in [-0.3, -0.25) is 9.69 Å². The van der Waals surface area contributed by atoms with E-state index in [-0.39, 0.29) is 36.2 Å². The van der Waals surface area contributed by atoms with Gasteiger partial charge >= 0.3 is 6.03 Å². The molecule has 3 rings (SSSR count). The van der Waals surface area contributed by atoms with E-state index in [9.17, 15) is 18.0 Å². The topological polar surface area (TPSA) is 86.8 Å². The molecule has 1 aliphatic carbocycles. The summed E-state index contributed by atoms with van der Waals surface area (Å²) in [7, 11) is -3.23. The lowest BCUT2D eigenvalue weighted by Crippen LogP contribution is -2.49. The number of nitrogens with zero attached hydrogens (tertiary/aromatic N) is 2. The normalized spacial score (nSPS) is 25.8. The summed E-state index contributed by atoms with van der Waals surface area (Å²) >= 11 is 0. The second-order valence-electron chi connectivity index (χ2n) is 6.84. The van der Waals surface area contributed by atoms with Gasteiger partial charge in [0.2, 0.25) is 15.9 Å². The van der Waals surface area contributed by atoms with Gasteiger partial charge < -0.3 is 5.32 Å². The van der Waals surface area contributed by atoms with Gasteiger partial charge in [0.25, 0.3) is 0 Å². The molecule has 8 heteroatoms. The van der Waals surface area contributed by atoms with Crippen LogP contribution >= 0.6 is 0 Å². The number of nitrogens with one attached hydrogen (secondary N) is 1. The first kappa shape index (κ1) is 16.7. The highest BCUT2D eigenvalue weighted by atomic mass is 32.2. The van der Waals surface area contributed by atoms with Crippen LogP contribution in [0.15, 0.2) is 0 Å². The van der Waals surface area contributed by atoms with Crippen molar-refractivity contribution in [1.82, 2.24) is 14.5 Å². The Morgan fingerprint density at radius 3 is 2.22 bits per heavy atom. The highest BCUT2D eigenvalue weighted by Gasteiger charge is 2.38. The minimum absolute atomic E-state index is 0.0546. The Hall–Kier alpha value is -1.15. The van der Waals surface area contributed by atoms with Crippen molar-refractivity contribution < 1.29 is 18.0 Å². The van der Waals surface area contributed by atoms with Crippen LogP contribution in [0.25, 0.3) is 0 Å². The molecule has 23 heavy (non-hydrogen) atoms. The average molecular weight is 343 g/mol. The molecule has 3 aliphatic rings. The Labute approximate surface area is 137 Å². The van der Waals surface area contributed by atoms with Gasteiger partial charge in [-0.2, -0.15) is 0 Å². The van der Waals surface area contributed by atoms with Crippen molar-refractivity contribution in [2.75, 3.05) is 25.4 Å². The minimum atomic E-state index is -3.23. The number of piperidine rings is 1. The van der Waals surface area contributed by atoms with Gasteiger partial charge in [-0.05, 0) is 31.6 Å². The summed E-state index contributed by atoms with van der Waals surface area (Å²) in [4.78, 5) is 24.7. The van der Waals surface area contributed by atoms with E-state index < -0.39 is 10.0 Å². The van der Waals surface area contributed by atoms with Crippen LogP contribution < -0.4 is 5.32 Å². The molecule has 2 saturated heterocycles. The van der Waals surface area contributed by atoms with E-state index >= 15 is 0 Å². The van der Waals surface area contributed by atoms with E-state index in [0.29, 0.717) is 25.9 Å². The highest BCUT2D eigenvalue weighted by Crippen LogP contribution is 2.27. The first-order valence-corrected chi connectivity index (χ1v) is 10.2. The van der Waals surface area contributed by atoms with Crippen LogP contribution in [-0.2, 0) is 14.8 Å². The lowest BCUT2D eigenvalue weighted by atomic mass is 9.91. The van der Waals surface area contributed by atoms with Crippen molar-refractivity contribution in [3.05, 3.63) is 0 Å². The zero-order valence-corrected chi connectivity index (χ0v) is 14.2. The molecule has 0 aromatic rings. The number of amides is 3. The number of hydrogen-bond donors (Lipinski definition) is 1. The fourth-order valence-corrected chi connectivity index (χ4v) is 5.85. The molecule has 0 atom stereocenters. The van der Waals surface area contributed by atoms with Crippen molar-refractivity contribution >= 4 is 22.0 Å². The van der Waals surface area contributed by atoms with Crippen LogP contribution in [0, 0.1) is 5.92 Å². The Balaban J connectivity index is 1.55. The van der Waals surface area contributed by atoms with Crippen molar-refractivity contribution in [3.63, 3.8) is 0 Å². The Kier molecular flexibility index (Phi) is 4.91. The average Bonchev–Trinajstić information content (AvgIpc) is 2.87. The maximum absolute atomic E-state index is 12.6. The van der Waals surface area contributed by atoms with E-state index in [1.54, 1.807) is 4.31 Å². The quantitative estimate of drug-likeness (QED) is 0.769. The number of carbonyl (C=O) groups excluding carboxylic acids is 2. The summed E-state index contributed by atoms with van der Waals surface area (Å²) in [5, 5.41) is 2.52. The van der Waals surface area contributed by atoms with Gasteiger partial charge in [0.15, 0.2) is 0 Å². The van der Waals surface area contributed by atoms with Crippen LogP contribution in [0.5, 0.6) is 0 Å². The largest absolute Gasteiger partial charge is 0.329 e. The first-order valence-electron chi connectivity index (χ1n) is 8.55. The number of urea groups is 1. The molecule has 0 radical (unpaired) electrons. The SMILES string of the molecule is O=C1CNC(=O)N1C1CCN(S(=O)(=O)CC2CCCCC2)CC1. The molecule has 3 amide bonds. The third kappa shape index (κ3) is 3.68. The van der Waals surface area contributed by atoms with Gasteiger partial charge in [0, 0.05) is 19.1 Å². The fourth-order valence-electron chi connectivity index (χ4n) is 3.94. The number of rotatable bonds is 4. The molecule has 7 nitrogen and oxygen atoms in total. The number of carbonyl (C=O) groups is 2. The van der Waals surface area contributed by atoms with Crippen LogP contribution in [0.3, 0.4) is 0 Å². The Bertz CT molecular complexity index is 547. The first-order chi connectivity index (χ1) is 11.0. The van der Waals surface area contributed by atoms with E-state index in [1.165, 1.54) is 11.3 Å². The van der Waals surface area contributed by atoms with Gasteiger partial charge in [-0.1, -0.05) is 19.3 Å². The van der Waals surface area contributed by atoms with Crippen LogP contribution in [-0.4, -0.2) is 61.0 Å². The van der Waals surface area contributed by atoms with Crippen molar-refractivity contribution in [1.29, 1.82) is 0 Å². The summed E-state index contributed by atoms with van der Waals surface area (Å²) in [6.07, 6.45) is 6.57. The van der Waals surface area contributed by atoms with E-state index in [1.807, 2.05) is 0 Å². The molecule has 0 spiro atoms. The van der Waals surface area contributed by atoms with E-state index in [2.05, 4.69) is 5.32 Å². The zero-order valence-electron chi connectivity index (χ0n) is 13.4. The van der Waals surface area contributed by atoms with Crippen LogP contribution in [0.4, 0.5) is 4.79 Å². The fraction of sp³-hybridized carbons (Fsp3) is 0.867. The molecule has 2 heterocycles. The summed E-state index contributed by atoms with van der Waals surface area (Å²) in [6, 6.07) is -0.523. The second-order valence-corrected chi connectivity index (χ2v) is 8.85. The predicted molar refractivity (Wildman–Crippen MR) is 85.2 cm³/mol. The summed E-state index contributed by atoms with van der Waals surface area (Å²) in [5.41, 5.74) is 0. The second kappa shape index (κ2) is 6.76. The summed E-state index contributed by atoms with van der Waals surface area (Å²) in [5.74, 6) is 0.330. The standard InChI is InChI=1S/C15H25N3O4S/c19-14-10-16-15(20)18(14)13-6-8-17(9-7-13)23(21,22)11-12-4-2-1-3-5-12/h12-13H,1-11H2,(H,16,20). The van der Waals surface area contributed by atoms with Crippen molar-refractivity contribution in [3.8, 4) is 0 Å². The zero-order chi connectivity index (χ0) is 16.4. The van der Waals surface area contributed by atoms with E-state index in [0.717, 1.165) is 25.7 Å². The molecule has 3 fully saturated rings. The molecule has 0 aromatic carbocycles. The molecular formula is C15H25N3O4S. The van der Waals surface area contributed by atoms with Gasteiger partial charge in [0.05, 0.1) is 12.3 Å². The maximum atomic E-state index is 12.6. The van der Waals surface area contributed by atoms with Crippen molar-refractivity contribution in [2.24, 2.45) is 5.92 Å². The summed E-state index contributed by atoms with van der Waals surface area (Å²) < 4.78 is 26.7. The molecule has 0 unspecified atom stereocenters. The Morgan fingerprint density at radius 2 is 1.65 bits per heavy atom. The predicted octanol–water partition coefficient (Wildman–Crippen LogP) is 0.913. The molecule has 0 aromatic heterocycles. The molecule has 2 aliphatic heterocycles. The number of hydrogen-bond acceptors (Lipinski definition) is 4. The maximum Gasteiger partial charge on any atom is 0.324 e. The molecule has 130 valence electrons. The molecule has 0 bridgehead atoms. The minimum Gasteiger partial charge on any atom is -0.329 e. The number of sulfonamides is 1. The third-order valence-electron chi connectivity index (χ3n) is 5.23. The lowest BCUT2D eigenvalue weighted by molar-refractivity contribution is -0.127. The van der Waals surface area contributed by atoms with Gasteiger partial charge in [-0.25, -0.2) is 17.5 Å². The Morgan fingerprint density at radius 1 is 1.00 bits per heavy atom. The van der Waals surface area contributed by atoms with Crippen LogP contribution in [0.2, 0.25) is 0 Å². The smallest absolute Gasteiger partial charge is 0.324 e. The summed E-state index contributed by atoms with van der Waals surface area (Å²) in [6.45, 7) is 0.854. The molecule has 1 N–H and O–H groups in total. The third-order valence-corrected chi connectivity index (χ3v) is 7.28. The number of imide groups is 1. The lowest BCUT2D eigenvalue weighted by Gasteiger charge is -2.35. The monoisotopic (exact) mass is 343 g/mol. The van der Waals surface area contributed by atoms with Crippen molar-refractivity contribution in [2.45, 2.75) is 51.0 Å². The molecular weight excluding hydrogens is 318 g/mol. The van der Waals surface area contributed by atoms with E-state index in [4.69, 9.17) is 0 Å². The van der Waals surface area contributed by atoms with Gasteiger partial charge in [0.1, 0.15) is 0 Å². The van der Waals surface area contributed by atoms with Crippen LogP contribution in [0.1, 0.15) is 44.9 Å². The van der Waals surface area contributed by atoms with Gasteiger partial charge in [-0.15, -0.1) is 0 Å². The molecule has 1 saturated carbocycles. The highest BCUT2D eigenvalue weighted by molar-refractivity contribution is 7.89.